The van der Waals surface area contributed by atoms with Crippen molar-refractivity contribution in [3.05, 3.63) is 0 Å². The maximum absolute atomic E-state index is 11.3. The fraction of sp³-hybridized carbons (Fsp3) is 0.778. The fourth-order valence-electron chi connectivity index (χ4n) is 1.02. The summed E-state index contributed by atoms with van der Waals surface area (Å²) in [7, 11) is 0. The highest BCUT2D eigenvalue weighted by Gasteiger charge is 2.18. The molecule has 0 rings (SSSR count). The van der Waals surface area contributed by atoms with Gasteiger partial charge < -0.3 is 21.9 Å². The number of carbonyl (C=O) groups excluding carboxylic acids is 1. The maximum atomic E-state index is 11.3. The summed E-state index contributed by atoms with van der Waals surface area (Å²) in [6, 6.07) is -1.56. The molecule has 1 amide bonds. The molecule has 0 aromatic heterocycles. The molecule has 0 aromatic rings. The molecule has 0 spiro atoms. The minimum Gasteiger partial charge on any atom is -0.480 e. The highest BCUT2D eigenvalue weighted by molar-refractivity contribution is 8.93. The minimum atomic E-state index is -1.07. The van der Waals surface area contributed by atoms with Gasteiger partial charge in [0.25, 0.3) is 0 Å². The second kappa shape index (κ2) is 12.3. The van der Waals surface area contributed by atoms with Gasteiger partial charge in [0.2, 0.25) is 5.91 Å². The van der Waals surface area contributed by atoms with Crippen LogP contribution < -0.4 is 16.8 Å². The lowest BCUT2D eigenvalue weighted by atomic mass is 10.1. The third-order valence-corrected chi connectivity index (χ3v) is 2.04. The maximum Gasteiger partial charge on any atom is 0.325 e. The van der Waals surface area contributed by atoms with Crippen molar-refractivity contribution in [3.63, 3.8) is 0 Å². The summed E-state index contributed by atoms with van der Waals surface area (Å²) < 4.78 is 0. The van der Waals surface area contributed by atoms with E-state index in [0.29, 0.717) is 13.0 Å². The van der Waals surface area contributed by atoms with Crippen LogP contribution in [-0.4, -0.2) is 35.6 Å². The van der Waals surface area contributed by atoms with E-state index in [1.165, 1.54) is 6.92 Å². The first-order chi connectivity index (χ1) is 6.99. The van der Waals surface area contributed by atoms with Gasteiger partial charge in [-0.1, -0.05) is 6.42 Å². The quantitative estimate of drug-likeness (QED) is 0.471. The second-order valence-corrected chi connectivity index (χ2v) is 3.46. The number of aliphatic carboxylic acids is 1. The monoisotopic (exact) mass is 377 g/mol. The van der Waals surface area contributed by atoms with E-state index in [2.05, 4.69) is 5.32 Å². The lowest BCUT2D eigenvalue weighted by Crippen LogP contribution is -2.47. The Morgan fingerprint density at radius 1 is 1.29 bits per heavy atom. The number of carbonyl (C=O) groups is 2. The number of rotatable bonds is 7. The van der Waals surface area contributed by atoms with Gasteiger partial charge in [0.1, 0.15) is 6.04 Å². The number of unbranched alkanes of at least 4 members (excludes halogenated alkanes) is 1. The predicted molar refractivity (Wildman–Crippen MR) is 76.8 cm³/mol. The third-order valence-electron chi connectivity index (χ3n) is 2.04. The number of carboxylic acid groups (broad SMARTS) is 1. The van der Waals surface area contributed by atoms with Gasteiger partial charge in [-0.3, -0.25) is 9.59 Å². The zero-order valence-electron chi connectivity index (χ0n) is 9.72. The Kier molecular flexibility index (Phi) is 15.9. The molecule has 0 saturated heterocycles. The van der Waals surface area contributed by atoms with Crippen LogP contribution in [0, 0.1) is 0 Å². The molecule has 0 heterocycles. The zero-order valence-corrected chi connectivity index (χ0v) is 13.1. The Balaban J connectivity index is -0.000000980. The van der Waals surface area contributed by atoms with Crippen LogP contribution in [0.25, 0.3) is 0 Å². The van der Waals surface area contributed by atoms with Crippen molar-refractivity contribution in [3.8, 4) is 0 Å². The molecule has 0 bridgehead atoms. The van der Waals surface area contributed by atoms with Crippen LogP contribution in [0.1, 0.15) is 26.2 Å². The Morgan fingerprint density at radius 2 is 1.82 bits per heavy atom. The highest BCUT2D eigenvalue weighted by Crippen LogP contribution is 1.98. The van der Waals surface area contributed by atoms with Crippen LogP contribution >= 0.6 is 34.0 Å². The summed E-state index contributed by atoms with van der Waals surface area (Å²) in [5.41, 5.74) is 10.9. The van der Waals surface area contributed by atoms with Gasteiger partial charge in [-0.15, -0.1) is 34.0 Å². The van der Waals surface area contributed by atoms with E-state index in [-0.39, 0.29) is 34.0 Å². The van der Waals surface area contributed by atoms with Gasteiger partial charge in [0, 0.05) is 0 Å². The first-order valence-electron chi connectivity index (χ1n) is 4.98. The van der Waals surface area contributed by atoms with Crippen LogP contribution in [0.3, 0.4) is 0 Å². The van der Waals surface area contributed by atoms with Crippen LogP contribution in [0.4, 0.5) is 0 Å². The molecule has 0 saturated carbocycles. The Labute approximate surface area is 122 Å². The van der Waals surface area contributed by atoms with Gasteiger partial charge >= 0.3 is 5.97 Å². The van der Waals surface area contributed by atoms with Crippen molar-refractivity contribution in [2.75, 3.05) is 6.54 Å². The molecule has 0 radical (unpaired) electrons. The summed E-state index contributed by atoms with van der Waals surface area (Å²) in [6.45, 7) is 1.96. The molecule has 6 nitrogen and oxygen atoms in total. The van der Waals surface area contributed by atoms with Crippen molar-refractivity contribution >= 4 is 45.8 Å². The lowest BCUT2D eigenvalue weighted by molar-refractivity contribution is -0.141. The van der Waals surface area contributed by atoms with Crippen molar-refractivity contribution in [1.29, 1.82) is 0 Å². The number of hydrogen-bond acceptors (Lipinski definition) is 4. The lowest BCUT2D eigenvalue weighted by Gasteiger charge is -2.14. The summed E-state index contributed by atoms with van der Waals surface area (Å²) >= 11 is 0. The molecule has 0 fully saturated rings. The average molecular weight is 379 g/mol. The van der Waals surface area contributed by atoms with Crippen LogP contribution in [0.5, 0.6) is 0 Å². The molecule has 0 unspecified atom stereocenters. The SMILES string of the molecule is Br.Br.C[C@H](NC(=O)[C@@H](N)CCCCN)C(=O)O. The topological polar surface area (TPSA) is 118 Å². The van der Waals surface area contributed by atoms with Crippen molar-refractivity contribution in [2.45, 2.75) is 38.3 Å². The van der Waals surface area contributed by atoms with E-state index in [0.717, 1.165) is 12.8 Å². The molecule has 2 atom stereocenters. The van der Waals surface area contributed by atoms with Gasteiger partial charge in [-0.2, -0.15) is 0 Å². The number of nitrogens with two attached hydrogens (primary N) is 2. The van der Waals surface area contributed by atoms with Gasteiger partial charge in [-0.05, 0) is 26.3 Å². The summed E-state index contributed by atoms with van der Waals surface area (Å²) in [5.74, 6) is -1.50. The number of amides is 1. The Morgan fingerprint density at radius 3 is 2.24 bits per heavy atom. The number of nitrogens with one attached hydrogen (secondary N) is 1. The number of hydrogen-bond donors (Lipinski definition) is 4. The number of halogens is 2. The van der Waals surface area contributed by atoms with E-state index in [4.69, 9.17) is 16.6 Å². The first kappa shape index (κ1) is 22.0. The van der Waals surface area contributed by atoms with Crippen LogP contribution in [-0.2, 0) is 9.59 Å². The summed E-state index contributed by atoms with van der Waals surface area (Å²) in [4.78, 5) is 21.8. The molecule has 6 N–H and O–H groups in total. The van der Waals surface area contributed by atoms with E-state index in [1.54, 1.807) is 0 Å². The first-order valence-corrected chi connectivity index (χ1v) is 4.98. The fourth-order valence-corrected chi connectivity index (χ4v) is 1.02. The summed E-state index contributed by atoms with van der Waals surface area (Å²) in [6.07, 6.45) is 2.11. The average Bonchev–Trinajstić information content (AvgIpc) is 2.17. The number of carboxylic acids is 1. The van der Waals surface area contributed by atoms with Gasteiger partial charge in [-0.25, -0.2) is 0 Å². The second-order valence-electron chi connectivity index (χ2n) is 3.46. The van der Waals surface area contributed by atoms with Crippen molar-refractivity contribution < 1.29 is 14.7 Å². The Hall–Kier alpha value is -0.180. The molecule has 104 valence electrons. The highest BCUT2D eigenvalue weighted by atomic mass is 79.9. The molecule has 0 aliphatic carbocycles. The van der Waals surface area contributed by atoms with Gasteiger partial charge in [0.05, 0.1) is 6.04 Å². The van der Waals surface area contributed by atoms with Crippen molar-refractivity contribution in [1.82, 2.24) is 5.32 Å². The molecular weight excluding hydrogens is 358 g/mol. The molecule has 0 aromatic carbocycles. The van der Waals surface area contributed by atoms with Crippen LogP contribution in [0.2, 0.25) is 0 Å². The minimum absolute atomic E-state index is 0. The van der Waals surface area contributed by atoms with E-state index < -0.39 is 24.0 Å². The predicted octanol–water partition coefficient (Wildman–Crippen LogP) is 0.188. The van der Waals surface area contributed by atoms with Crippen molar-refractivity contribution in [2.24, 2.45) is 11.5 Å². The third kappa shape index (κ3) is 10.7. The van der Waals surface area contributed by atoms with E-state index >= 15 is 0 Å². The molecule has 0 aliphatic rings. The smallest absolute Gasteiger partial charge is 0.325 e. The largest absolute Gasteiger partial charge is 0.480 e. The molecular formula is C9H21Br2N3O3. The normalized spacial score (nSPS) is 12.6. The van der Waals surface area contributed by atoms with E-state index in [9.17, 15) is 9.59 Å². The molecule has 0 aliphatic heterocycles. The standard InChI is InChI=1S/C9H19N3O3.2BrH/c1-6(9(14)15)12-8(13)7(11)4-2-3-5-10;;/h6-7H,2-5,10-11H2,1H3,(H,12,13)(H,14,15);2*1H/t6-,7-;;/m0../s1. The molecule has 8 heteroatoms. The summed E-state index contributed by atoms with van der Waals surface area (Å²) in [5, 5.41) is 10.9. The Bertz CT molecular complexity index is 230. The molecule has 17 heavy (non-hydrogen) atoms. The zero-order chi connectivity index (χ0) is 11.8. The van der Waals surface area contributed by atoms with Gasteiger partial charge in [0.15, 0.2) is 0 Å². The van der Waals surface area contributed by atoms with E-state index in [1.807, 2.05) is 0 Å². The van der Waals surface area contributed by atoms with Crippen LogP contribution in [0.15, 0.2) is 0 Å².